The maximum Gasteiger partial charge on any atom is 0.256 e. The Morgan fingerprint density at radius 3 is 2.75 bits per heavy atom. The molecule has 1 heterocycles. The molecule has 1 aromatic carbocycles. The minimum Gasteiger partial charge on any atom is -0.338 e. The van der Waals surface area contributed by atoms with Gasteiger partial charge in [-0.15, -0.1) is 0 Å². The molecule has 0 spiro atoms. The van der Waals surface area contributed by atoms with Gasteiger partial charge < -0.3 is 4.90 Å². The van der Waals surface area contributed by atoms with Crippen LogP contribution in [0.5, 0.6) is 0 Å². The normalized spacial score (nSPS) is 19.4. The summed E-state index contributed by atoms with van der Waals surface area (Å²) in [6, 6.07) is 5.02. The highest BCUT2D eigenvalue weighted by atomic mass is 19.1. The van der Waals surface area contributed by atoms with Gasteiger partial charge in [0.2, 0.25) is 0 Å². The maximum atomic E-state index is 14.0. The first kappa shape index (κ1) is 15.0. The fourth-order valence-corrected chi connectivity index (χ4v) is 3.03. The summed E-state index contributed by atoms with van der Waals surface area (Å²) in [6.07, 6.45) is 2.13. The van der Waals surface area contributed by atoms with Crippen molar-refractivity contribution in [3.8, 4) is 0 Å². The second kappa shape index (κ2) is 5.55. The monoisotopic (exact) mass is 277 g/mol. The van der Waals surface area contributed by atoms with Gasteiger partial charge in [0.1, 0.15) is 5.82 Å². The molecule has 0 aromatic heterocycles. The molecule has 1 atom stereocenters. The molecular weight excluding hydrogens is 253 g/mol. The van der Waals surface area contributed by atoms with Gasteiger partial charge in [0, 0.05) is 13.1 Å². The van der Waals surface area contributed by atoms with Gasteiger partial charge in [0.15, 0.2) is 0 Å². The first-order valence-corrected chi connectivity index (χ1v) is 7.32. The molecule has 0 bridgehead atoms. The molecule has 3 heteroatoms. The smallest absolute Gasteiger partial charge is 0.256 e. The van der Waals surface area contributed by atoms with Crippen LogP contribution in [0.2, 0.25) is 0 Å². The molecule has 0 radical (unpaired) electrons. The molecular formula is C17H24FNO. The number of hydrogen-bond donors (Lipinski definition) is 0. The van der Waals surface area contributed by atoms with Crippen LogP contribution >= 0.6 is 0 Å². The molecule has 1 aliphatic heterocycles. The summed E-state index contributed by atoms with van der Waals surface area (Å²) in [4.78, 5) is 14.2. The molecule has 110 valence electrons. The van der Waals surface area contributed by atoms with E-state index in [0.29, 0.717) is 11.5 Å². The van der Waals surface area contributed by atoms with Crippen molar-refractivity contribution in [3.63, 3.8) is 0 Å². The summed E-state index contributed by atoms with van der Waals surface area (Å²) >= 11 is 0. The summed E-state index contributed by atoms with van der Waals surface area (Å²) in [6.45, 7) is 9.85. The Hall–Kier alpha value is -1.38. The number of halogens is 1. The number of carbonyl (C=O) groups excluding carboxylic acids is 1. The van der Waals surface area contributed by atoms with E-state index in [9.17, 15) is 9.18 Å². The third-order valence-corrected chi connectivity index (χ3v) is 3.90. The Morgan fingerprint density at radius 1 is 1.40 bits per heavy atom. The van der Waals surface area contributed by atoms with Crippen LogP contribution in [0.1, 0.15) is 49.5 Å². The molecule has 0 saturated carbocycles. The van der Waals surface area contributed by atoms with Crippen LogP contribution in [0.15, 0.2) is 18.2 Å². The summed E-state index contributed by atoms with van der Waals surface area (Å²) in [5.74, 6) is -0.00815. The van der Waals surface area contributed by atoms with Crippen molar-refractivity contribution in [1.82, 2.24) is 4.90 Å². The minimum absolute atomic E-state index is 0.164. The second-order valence-corrected chi connectivity index (χ2v) is 7.11. The number of nitrogens with zero attached hydrogens (tertiary/aromatic N) is 1. The summed E-state index contributed by atoms with van der Waals surface area (Å²) in [5, 5.41) is 0. The van der Waals surface area contributed by atoms with Gasteiger partial charge in [-0.3, -0.25) is 4.79 Å². The van der Waals surface area contributed by atoms with Crippen LogP contribution in [0, 0.1) is 24.1 Å². The van der Waals surface area contributed by atoms with E-state index in [-0.39, 0.29) is 22.7 Å². The van der Waals surface area contributed by atoms with E-state index in [1.165, 1.54) is 0 Å². The third kappa shape index (κ3) is 3.38. The van der Waals surface area contributed by atoms with Gasteiger partial charge in [0.05, 0.1) is 5.56 Å². The highest BCUT2D eigenvalue weighted by Crippen LogP contribution is 2.31. The number of benzene rings is 1. The standard InChI is InChI=1S/C17H24FNO/c1-12-6-5-7-14(15(12)18)16(20)19-9-8-13(11-19)10-17(2,3)4/h5-7,13H,8-11H2,1-4H3. The van der Waals surface area contributed by atoms with Gasteiger partial charge >= 0.3 is 0 Å². The summed E-state index contributed by atoms with van der Waals surface area (Å²) in [7, 11) is 0. The van der Waals surface area contributed by atoms with Crippen LogP contribution in [0.25, 0.3) is 0 Å². The Kier molecular flexibility index (Phi) is 4.17. The Labute approximate surface area is 121 Å². The highest BCUT2D eigenvalue weighted by Gasteiger charge is 2.30. The molecule has 1 fully saturated rings. The topological polar surface area (TPSA) is 20.3 Å². The fourth-order valence-electron chi connectivity index (χ4n) is 3.03. The van der Waals surface area contributed by atoms with Crippen LogP contribution in [-0.2, 0) is 0 Å². The number of likely N-dealkylation sites (tertiary alicyclic amines) is 1. The first-order valence-electron chi connectivity index (χ1n) is 7.32. The lowest BCUT2D eigenvalue weighted by Gasteiger charge is -2.23. The van der Waals surface area contributed by atoms with Crippen molar-refractivity contribution in [2.24, 2.45) is 11.3 Å². The Morgan fingerprint density at radius 2 is 2.10 bits per heavy atom. The van der Waals surface area contributed by atoms with E-state index in [1.54, 1.807) is 30.0 Å². The van der Waals surface area contributed by atoms with Crippen molar-refractivity contribution in [1.29, 1.82) is 0 Å². The first-order chi connectivity index (χ1) is 9.28. The predicted molar refractivity (Wildman–Crippen MR) is 79.2 cm³/mol. The van der Waals surface area contributed by atoms with E-state index in [4.69, 9.17) is 0 Å². The van der Waals surface area contributed by atoms with E-state index < -0.39 is 0 Å². The zero-order valence-corrected chi connectivity index (χ0v) is 12.9. The lowest BCUT2D eigenvalue weighted by atomic mass is 9.84. The van der Waals surface area contributed by atoms with Gasteiger partial charge in [-0.1, -0.05) is 32.9 Å². The van der Waals surface area contributed by atoms with Crippen molar-refractivity contribution in [2.75, 3.05) is 13.1 Å². The van der Waals surface area contributed by atoms with Gasteiger partial charge in [-0.25, -0.2) is 4.39 Å². The van der Waals surface area contributed by atoms with Crippen molar-refractivity contribution >= 4 is 5.91 Å². The van der Waals surface area contributed by atoms with Crippen molar-refractivity contribution in [2.45, 2.75) is 40.5 Å². The Balaban J connectivity index is 2.06. The number of rotatable bonds is 2. The maximum absolute atomic E-state index is 14.0. The molecule has 2 rings (SSSR count). The minimum atomic E-state index is -0.378. The third-order valence-electron chi connectivity index (χ3n) is 3.90. The summed E-state index contributed by atoms with van der Waals surface area (Å²) < 4.78 is 14.0. The van der Waals surface area contributed by atoms with E-state index >= 15 is 0 Å². The summed E-state index contributed by atoms with van der Waals surface area (Å²) in [5.41, 5.74) is 1.01. The molecule has 20 heavy (non-hydrogen) atoms. The predicted octanol–water partition coefficient (Wildman–Crippen LogP) is 4.03. The SMILES string of the molecule is Cc1cccc(C(=O)N2CCC(CC(C)(C)C)C2)c1F. The van der Waals surface area contributed by atoms with Gasteiger partial charge in [-0.05, 0) is 42.7 Å². The zero-order valence-electron chi connectivity index (χ0n) is 12.9. The number of aryl methyl sites for hydroxylation is 1. The quantitative estimate of drug-likeness (QED) is 0.799. The van der Waals surface area contributed by atoms with Crippen LogP contribution in [0.4, 0.5) is 4.39 Å². The fraction of sp³-hybridized carbons (Fsp3) is 0.588. The number of carbonyl (C=O) groups is 1. The zero-order chi connectivity index (χ0) is 14.9. The average Bonchev–Trinajstić information content (AvgIpc) is 2.78. The Bertz CT molecular complexity index is 504. The van der Waals surface area contributed by atoms with E-state index in [1.807, 2.05) is 0 Å². The molecule has 1 saturated heterocycles. The van der Waals surface area contributed by atoms with Crippen molar-refractivity contribution in [3.05, 3.63) is 35.1 Å². The van der Waals surface area contributed by atoms with Gasteiger partial charge in [0.25, 0.3) is 5.91 Å². The number of amides is 1. The lowest BCUT2D eigenvalue weighted by molar-refractivity contribution is 0.0778. The van der Waals surface area contributed by atoms with Crippen molar-refractivity contribution < 1.29 is 9.18 Å². The lowest BCUT2D eigenvalue weighted by Crippen LogP contribution is -2.30. The molecule has 0 aliphatic carbocycles. The molecule has 2 nitrogen and oxygen atoms in total. The van der Waals surface area contributed by atoms with Crippen LogP contribution in [-0.4, -0.2) is 23.9 Å². The largest absolute Gasteiger partial charge is 0.338 e. The number of hydrogen-bond acceptors (Lipinski definition) is 1. The molecule has 1 aliphatic rings. The highest BCUT2D eigenvalue weighted by molar-refractivity contribution is 5.94. The average molecular weight is 277 g/mol. The van der Waals surface area contributed by atoms with Gasteiger partial charge in [-0.2, -0.15) is 0 Å². The van der Waals surface area contributed by atoms with E-state index in [0.717, 1.165) is 25.9 Å². The van der Waals surface area contributed by atoms with E-state index in [2.05, 4.69) is 20.8 Å². The molecule has 1 unspecified atom stereocenters. The molecule has 1 aromatic rings. The molecule has 1 amide bonds. The molecule has 0 N–H and O–H groups in total. The van der Waals surface area contributed by atoms with Crippen LogP contribution in [0.3, 0.4) is 0 Å². The van der Waals surface area contributed by atoms with Crippen LogP contribution < -0.4 is 0 Å². The second-order valence-electron chi connectivity index (χ2n) is 7.11.